The Morgan fingerprint density at radius 3 is 1.18 bits per heavy atom. The summed E-state index contributed by atoms with van der Waals surface area (Å²) in [6, 6.07) is 29.3. The third-order valence-electron chi connectivity index (χ3n) is 6.64. The molecule has 0 saturated carbocycles. The van der Waals surface area contributed by atoms with Crippen LogP contribution in [0.3, 0.4) is 0 Å². The van der Waals surface area contributed by atoms with Gasteiger partial charge in [0.2, 0.25) is 0 Å². The Balaban J connectivity index is 1.26. The predicted molar refractivity (Wildman–Crippen MR) is 151 cm³/mol. The molecule has 4 aromatic carbocycles. The molecule has 0 radical (unpaired) electrons. The van der Waals surface area contributed by atoms with Gasteiger partial charge in [-0.3, -0.25) is 9.59 Å². The summed E-state index contributed by atoms with van der Waals surface area (Å²) in [4.78, 5) is 24.8. The van der Waals surface area contributed by atoms with Crippen LogP contribution < -0.4 is 10.6 Å². The van der Waals surface area contributed by atoms with Crippen LogP contribution >= 0.6 is 0 Å². The minimum Gasteiger partial charge on any atom is -0.508 e. The van der Waals surface area contributed by atoms with E-state index in [1.54, 1.807) is 48.5 Å². The van der Waals surface area contributed by atoms with E-state index in [0.717, 1.165) is 35.1 Å². The molecule has 194 valence electrons. The smallest absolute Gasteiger partial charge is 0.314 e. The second kappa shape index (κ2) is 12.1. The van der Waals surface area contributed by atoms with E-state index in [2.05, 4.69) is 24.5 Å². The van der Waals surface area contributed by atoms with Crippen molar-refractivity contribution in [2.75, 3.05) is 10.6 Å². The molecule has 6 nitrogen and oxygen atoms in total. The van der Waals surface area contributed by atoms with Gasteiger partial charge in [-0.1, -0.05) is 62.4 Å². The second-order valence-corrected chi connectivity index (χ2v) is 9.70. The van der Waals surface area contributed by atoms with Gasteiger partial charge < -0.3 is 20.8 Å². The number of phenols is 2. The van der Waals surface area contributed by atoms with Gasteiger partial charge in [-0.25, -0.2) is 0 Å². The van der Waals surface area contributed by atoms with E-state index in [4.69, 9.17) is 0 Å². The number of rotatable bonds is 8. The lowest BCUT2D eigenvalue weighted by atomic mass is 9.93. The SMILES string of the molecule is CC(Cc1ccc(NC(=O)C(=O)Nc2ccc(CC(C)c3ccc(O)cc3)cc2)cc1)c1ccc(O)cc1. The van der Waals surface area contributed by atoms with Gasteiger partial charge in [0.05, 0.1) is 0 Å². The topological polar surface area (TPSA) is 98.7 Å². The van der Waals surface area contributed by atoms with Crippen LogP contribution in [0.5, 0.6) is 11.5 Å². The maximum Gasteiger partial charge on any atom is 0.314 e. The predicted octanol–water partition coefficient (Wildman–Crippen LogP) is 6.37. The number of hydrogen-bond donors (Lipinski definition) is 4. The first-order valence-corrected chi connectivity index (χ1v) is 12.6. The molecule has 2 amide bonds. The molecule has 0 bridgehead atoms. The lowest BCUT2D eigenvalue weighted by molar-refractivity contribution is -0.132. The van der Waals surface area contributed by atoms with Crippen molar-refractivity contribution in [3.63, 3.8) is 0 Å². The number of carbonyl (C=O) groups excluding carboxylic acids is 2. The summed E-state index contributed by atoms with van der Waals surface area (Å²) in [5.41, 5.74) is 5.57. The molecule has 4 aromatic rings. The Bertz CT molecular complexity index is 1250. The molecule has 0 aliphatic heterocycles. The first-order valence-electron chi connectivity index (χ1n) is 12.6. The van der Waals surface area contributed by atoms with Crippen molar-refractivity contribution in [3.05, 3.63) is 119 Å². The number of phenolic OH excluding ortho intramolecular Hbond substituents is 2. The molecule has 38 heavy (non-hydrogen) atoms. The molecule has 2 atom stereocenters. The Kier molecular flexibility index (Phi) is 8.44. The fraction of sp³-hybridized carbons (Fsp3) is 0.188. The van der Waals surface area contributed by atoms with Gasteiger partial charge >= 0.3 is 11.8 Å². The number of aromatic hydroxyl groups is 2. The van der Waals surface area contributed by atoms with Gasteiger partial charge in [-0.05, 0) is 95.5 Å². The van der Waals surface area contributed by atoms with Crippen molar-refractivity contribution in [3.8, 4) is 11.5 Å². The lowest BCUT2D eigenvalue weighted by Gasteiger charge is -2.13. The highest BCUT2D eigenvalue weighted by molar-refractivity contribution is 6.43. The minimum absolute atomic E-state index is 0.249. The zero-order valence-electron chi connectivity index (χ0n) is 21.5. The highest BCUT2D eigenvalue weighted by Gasteiger charge is 2.15. The van der Waals surface area contributed by atoms with Gasteiger partial charge in [0, 0.05) is 11.4 Å². The maximum atomic E-state index is 12.4. The third-order valence-corrected chi connectivity index (χ3v) is 6.64. The van der Waals surface area contributed by atoms with Crippen molar-refractivity contribution in [1.29, 1.82) is 0 Å². The maximum absolute atomic E-state index is 12.4. The van der Waals surface area contributed by atoms with E-state index in [9.17, 15) is 19.8 Å². The van der Waals surface area contributed by atoms with Crippen molar-refractivity contribution in [2.45, 2.75) is 38.5 Å². The third kappa shape index (κ3) is 7.23. The Hall–Kier alpha value is -4.58. The summed E-state index contributed by atoms with van der Waals surface area (Å²) in [5, 5.41) is 24.2. The average molecular weight is 509 g/mol. The fourth-order valence-electron chi connectivity index (χ4n) is 4.37. The van der Waals surface area contributed by atoms with Gasteiger partial charge in [0.15, 0.2) is 0 Å². The van der Waals surface area contributed by atoms with Crippen LogP contribution in [-0.2, 0) is 22.4 Å². The van der Waals surface area contributed by atoms with Gasteiger partial charge in [0.1, 0.15) is 11.5 Å². The molecule has 0 aromatic heterocycles. The molecule has 0 aliphatic carbocycles. The molecule has 2 unspecified atom stereocenters. The zero-order chi connectivity index (χ0) is 27.1. The standard InChI is InChI=1S/C32H32N2O4/c1-21(25-7-15-29(35)16-8-25)19-23-3-11-27(12-4-23)33-31(37)32(38)34-28-13-5-24(6-14-28)20-22(2)26-9-17-30(36)18-10-26/h3-18,21-22,35-36H,19-20H2,1-2H3,(H,33,37)(H,34,38). The molecule has 0 heterocycles. The van der Waals surface area contributed by atoms with E-state index >= 15 is 0 Å². The van der Waals surface area contributed by atoms with Gasteiger partial charge in [-0.15, -0.1) is 0 Å². The van der Waals surface area contributed by atoms with E-state index in [1.165, 1.54) is 0 Å². The van der Waals surface area contributed by atoms with Crippen molar-refractivity contribution in [1.82, 2.24) is 0 Å². The van der Waals surface area contributed by atoms with Crippen LogP contribution in [0.15, 0.2) is 97.1 Å². The van der Waals surface area contributed by atoms with Crippen molar-refractivity contribution >= 4 is 23.2 Å². The molecule has 0 fully saturated rings. The van der Waals surface area contributed by atoms with E-state index in [-0.39, 0.29) is 23.3 Å². The van der Waals surface area contributed by atoms with E-state index in [1.807, 2.05) is 48.5 Å². The molecule has 0 spiro atoms. The number of hydrogen-bond acceptors (Lipinski definition) is 4. The number of amides is 2. The largest absolute Gasteiger partial charge is 0.508 e. The van der Waals surface area contributed by atoms with Crippen molar-refractivity contribution in [2.24, 2.45) is 0 Å². The molecule has 0 aliphatic rings. The fourth-order valence-corrected chi connectivity index (χ4v) is 4.37. The van der Waals surface area contributed by atoms with Crippen LogP contribution in [0.4, 0.5) is 11.4 Å². The number of anilines is 2. The van der Waals surface area contributed by atoms with E-state index < -0.39 is 11.8 Å². The highest BCUT2D eigenvalue weighted by Crippen LogP contribution is 2.24. The zero-order valence-corrected chi connectivity index (χ0v) is 21.5. The molecular weight excluding hydrogens is 476 g/mol. The normalized spacial score (nSPS) is 12.4. The molecular formula is C32H32N2O4. The molecule has 4 rings (SSSR count). The quantitative estimate of drug-likeness (QED) is 0.208. The summed E-state index contributed by atoms with van der Waals surface area (Å²) < 4.78 is 0. The highest BCUT2D eigenvalue weighted by atomic mass is 16.3. The Morgan fingerprint density at radius 2 is 0.868 bits per heavy atom. The first kappa shape index (κ1) is 26.5. The van der Waals surface area contributed by atoms with Gasteiger partial charge in [-0.2, -0.15) is 0 Å². The summed E-state index contributed by atoms with van der Waals surface area (Å²) in [6.07, 6.45) is 1.62. The number of nitrogens with one attached hydrogen (secondary N) is 2. The molecule has 0 saturated heterocycles. The monoisotopic (exact) mass is 508 g/mol. The second-order valence-electron chi connectivity index (χ2n) is 9.70. The summed E-state index contributed by atoms with van der Waals surface area (Å²) in [5.74, 6) is -0.439. The summed E-state index contributed by atoms with van der Waals surface area (Å²) in [7, 11) is 0. The Labute approximate surface area is 223 Å². The summed E-state index contributed by atoms with van der Waals surface area (Å²) >= 11 is 0. The van der Waals surface area contributed by atoms with E-state index in [0.29, 0.717) is 11.4 Å². The Morgan fingerprint density at radius 1 is 0.553 bits per heavy atom. The number of carbonyl (C=O) groups is 2. The minimum atomic E-state index is -0.736. The summed E-state index contributed by atoms with van der Waals surface area (Å²) in [6.45, 7) is 4.24. The van der Waals surface area contributed by atoms with Crippen LogP contribution in [0.2, 0.25) is 0 Å². The van der Waals surface area contributed by atoms with Gasteiger partial charge in [0.25, 0.3) is 0 Å². The molecule has 4 N–H and O–H groups in total. The van der Waals surface area contributed by atoms with Crippen LogP contribution in [0.1, 0.15) is 47.9 Å². The van der Waals surface area contributed by atoms with Crippen LogP contribution in [0, 0.1) is 0 Å². The lowest BCUT2D eigenvalue weighted by Crippen LogP contribution is -2.29. The number of benzene rings is 4. The van der Waals surface area contributed by atoms with Crippen LogP contribution in [-0.4, -0.2) is 22.0 Å². The first-order chi connectivity index (χ1) is 18.3. The van der Waals surface area contributed by atoms with Crippen LogP contribution in [0.25, 0.3) is 0 Å². The molecule has 6 heteroatoms. The van der Waals surface area contributed by atoms with Crippen molar-refractivity contribution < 1.29 is 19.8 Å². The average Bonchev–Trinajstić information content (AvgIpc) is 2.91.